The molecule has 0 spiro atoms. The Morgan fingerprint density at radius 2 is 1.87 bits per heavy atom. The van der Waals surface area contributed by atoms with E-state index in [4.69, 9.17) is 0 Å². The topological polar surface area (TPSA) is 56.7 Å². The van der Waals surface area contributed by atoms with Gasteiger partial charge in [-0.15, -0.1) is 0 Å². The van der Waals surface area contributed by atoms with Crippen LogP contribution in [0.5, 0.6) is 0 Å². The SMILES string of the molecule is CN=C(NCC(=O)N1CCCCC1)NCC(C)c1ccccc1. The van der Waals surface area contributed by atoms with Crippen LogP contribution in [-0.2, 0) is 4.79 Å². The molecule has 2 N–H and O–H groups in total. The van der Waals surface area contributed by atoms with Gasteiger partial charge >= 0.3 is 0 Å². The van der Waals surface area contributed by atoms with E-state index in [-0.39, 0.29) is 5.91 Å². The van der Waals surface area contributed by atoms with E-state index in [0.29, 0.717) is 18.4 Å². The summed E-state index contributed by atoms with van der Waals surface area (Å²) in [6, 6.07) is 10.4. The molecule has 0 aliphatic carbocycles. The van der Waals surface area contributed by atoms with Crippen molar-refractivity contribution < 1.29 is 4.79 Å². The van der Waals surface area contributed by atoms with E-state index in [1.54, 1.807) is 7.05 Å². The summed E-state index contributed by atoms with van der Waals surface area (Å²) in [7, 11) is 1.73. The molecular weight excluding hydrogens is 288 g/mol. The Kier molecular flexibility index (Phi) is 6.91. The van der Waals surface area contributed by atoms with Crippen molar-refractivity contribution >= 4 is 11.9 Å². The summed E-state index contributed by atoms with van der Waals surface area (Å²) in [5.74, 6) is 1.22. The average Bonchev–Trinajstić information content (AvgIpc) is 2.62. The maximum absolute atomic E-state index is 12.2. The fourth-order valence-corrected chi connectivity index (χ4v) is 2.78. The van der Waals surface area contributed by atoms with Gasteiger partial charge in [-0.3, -0.25) is 9.79 Å². The first-order valence-corrected chi connectivity index (χ1v) is 8.48. The van der Waals surface area contributed by atoms with Gasteiger partial charge < -0.3 is 15.5 Å². The Labute approximate surface area is 139 Å². The number of hydrogen-bond donors (Lipinski definition) is 2. The normalized spacial score (nSPS) is 16.8. The first kappa shape index (κ1) is 17.3. The Morgan fingerprint density at radius 3 is 2.52 bits per heavy atom. The Balaban J connectivity index is 1.74. The molecule has 126 valence electrons. The van der Waals surface area contributed by atoms with Crippen molar-refractivity contribution in [2.24, 2.45) is 4.99 Å². The zero-order valence-corrected chi connectivity index (χ0v) is 14.2. The Hall–Kier alpha value is -2.04. The first-order chi connectivity index (χ1) is 11.2. The van der Waals surface area contributed by atoms with Crippen molar-refractivity contribution in [1.29, 1.82) is 0 Å². The summed E-state index contributed by atoms with van der Waals surface area (Å²) in [5.41, 5.74) is 1.29. The van der Waals surface area contributed by atoms with Crippen LogP contribution in [0.25, 0.3) is 0 Å². The van der Waals surface area contributed by atoms with Gasteiger partial charge in [-0.2, -0.15) is 0 Å². The van der Waals surface area contributed by atoms with Crippen LogP contribution in [0.4, 0.5) is 0 Å². The summed E-state index contributed by atoms with van der Waals surface area (Å²) in [6.07, 6.45) is 3.47. The van der Waals surface area contributed by atoms with E-state index in [9.17, 15) is 4.79 Å². The number of carbonyl (C=O) groups excluding carboxylic acids is 1. The van der Waals surface area contributed by atoms with Gasteiger partial charge in [0.05, 0.1) is 6.54 Å². The zero-order valence-electron chi connectivity index (χ0n) is 14.2. The number of aliphatic imine (C=N–C) groups is 1. The summed E-state index contributed by atoms with van der Waals surface area (Å²) in [5, 5.41) is 6.42. The van der Waals surface area contributed by atoms with Gasteiger partial charge in [-0.1, -0.05) is 37.3 Å². The summed E-state index contributed by atoms with van der Waals surface area (Å²) < 4.78 is 0. The molecule has 1 fully saturated rings. The lowest BCUT2D eigenvalue weighted by molar-refractivity contribution is -0.130. The number of rotatable bonds is 5. The highest BCUT2D eigenvalue weighted by molar-refractivity contribution is 5.86. The molecule has 1 amide bonds. The number of amides is 1. The number of benzene rings is 1. The summed E-state index contributed by atoms with van der Waals surface area (Å²) in [4.78, 5) is 18.3. The van der Waals surface area contributed by atoms with E-state index < -0.39 is 0 Å². The van der Waals surface area contributed by atoms with Gasteiger partial charge in [-0.05, 0) is 30.7 Å². The molecule has 0 radical (unpaired) electrons. The lowest BCUT2D eigenvalue weighted by Crippen LogP contribution is -2.46. The summed E-state index contributed by atoms with van der Waals surface area (Å²) >= 11 is 0. The molecule has 23 heavy (non-hydrogen) atoms. The zero-order chi connectivity index (χ0) is 16.5. The maximum atomic E-state index is 12.2. The van der Waals surface area contributed by atoms with Crippen LogP contribution in [0.2, 0.25) is 0 Å². The molecule has 1 atom stereocenters. The molecule has 0 bridgehead atoms. The minimum absolute atomic E-state index is 0.156. The molecule has 0 aromatic heterocycles. The fourth-order valence-electron chi connectivity index (χ4n) is 2.78. The van der Waals surface area contributed by atoms with Crippen molar-refractivity contribution in [2.45, 2.75) is 32.1 Å². The molecule has 2 rings (SSSR count). The second-order valence-corrected chi connectivity index (χ2v) is 6.06. The fraction of sp³-hybridized carbons (Fsp3) is 0.556. The van der Waals surface area contributed by atoms with Crippen LogP contribution in [0.15, 0.2) is 35.3 Å². The Bertz CT molecular complexity index is 509. The quantitative estimate of drug-likeness (QED) is 0.645. The number of nitrogens with zero attached hydrogens (tertiary/aromatic N) is 2. The number of nitrogens with one attached hydrogen (secondary N) is 2. The van der Waals surface area contributed by atoms with Crippen LogP contribution in [-0.4, -0.2) is 50.0 Å². The maximum Gasteiger partial charge on any atom is 0.241 e. The second kappa shape index (κ2) is 9.18. The highest BCUT2D eigenvalue weighted by Crippen LogP contribution is 2.12. The van der Waals surface area contributed by atoms with E-state index in [2.05, 4.69) is 46.8 Å². The third-order valence-electron chi connectivity index (χ3n) is 4.28. The molecular formula is C18H28N4O. The number of hydrogen-bond acceptors (Lipinski definition) is 2. The molecule has 0 saturated carbocycles. The molecule has 1 unspecified atom stereocenters. The van der Waals surface area contributed by atoms with Crippen molar-refractivity contribution in [3.8, 4) is 0 Å². The molecule has 5 nitrogen and oxygen atoms in total. The number of piperidine rings is 1. The minimum Gasteiger partial charge on any atom is -0.356 e. The highest BCUT2D eigenvalue weighted by Gasteiger charge is 2.16. The molecule has 1 aromatic rings. The highest BCUT2D eigenvalue weighted by atomic mass is 16.2. The monoisotopic (exact) mass is 316 g/mol. The van der Waals surface area contributed by atoms with E-state index in [1.807, 2.05) is 11.0 Å². The van der Waals surface area contributed by atoms with Crippen LogP contribution in [0.3, 0.4) is 0 Å². The van der Waals surface area contributed by atoms with Gasteiger partial charge in [0.15, 0.2) is 5.96 Å². The van der Waals surface area contributed by atoms with Gasteiger partial charge in [0, 0.05) is 26.7 Å². The van der Waals surface area contributed by atoms with E-state index in [1.165, 1.54) is 12.0 Å². The van der Waals surface area contributed by atoms with Gasteiger partial charge in [-0.25, -0.2) is 0 Å². The smallest absolute Gasteiger partial charge is 0.241 e. The van der Waals surface area contributed by atoms with Crippen molar-refractivity contribution in [3.63, 3.8) is 0 Å². The minimum atomic E-state index is 0.156. The standard InChI is InChI=1S/C18H28N4O/c1-15(16-9-5-3-6-10-16)13-20-18(19-2)21-14-17(23)22-11-7-4-8-12-22/h3,5-6,9-10,15H,4,7-8,11-14H2,1-2H3,(H2,19,20,21). The summed E-state index contributed by atoms with van der Waals surface area (Å²) in [6.45, 7) is 5.03. The van der Waals surface area contributed by atoms with E-state index >= 15 is 0 Å². The predicted molar refractivity (Wildman–Crippen MR) is 94.7 cm³/mol. The molecule has 1 heterocycles. The molecule has 5 heteroatoms. The van der Waals surface area contributed by atoms with Crippen LogP contribution >= 0.6 is 0 Å². The van der Waals surface area contributed by atoms with Gasteiger partial charge in [0.1, 0.15) is 0 Å². The Morgan fingerprint density at radius 1 is 1.17 bits per heavy atom. The van der Waals surface area contributed by atoms with Crippen molar-refractivity contribution in [2.75, 3.05) is 33.2 Å². The number of carbonyl (C=O) groups is 1. The third-order valence-corrected chi connectivity index (χ3v) is 4.28. The van der Waals surface area contributed by atoms with E-state index in [0.717, 1.165) is 32.5 Å². The van der Waals surface area contributed by atoms with Gasteiger partial charge in [0.2, 0.25) is 5.91 Å². The van der Waals surface area contributed by atoms with Crippen LogP contribution in [0.1, 0.15) is 37.7 Å². The molecule has 1 aliphatic heterocycles. The molecule has 1 saturated heterocycles. The number of likely N-dealkylation sites (tertiary alicyclic amines) is 1. The van der Waals surface area contributed by atoms with Crippen LogP contribution in [0, 0.1) is 0 Å². The third kappa shape index (κ3) is 5.58. The predicted octanol–water partition coefficient (Wildman–Crippen LogP) is 1.97. The van der Waals surface area contributed by atoms with Crippen LogP contribution < -0.4 is 10.6 Å². The lowest BCUT2D eigenvalue weighted by Gasteiger charge is -2.27. The first-order valence-electron chi connectivity index (χ1n) is 8.48. The molecule has 1 aliphatic rings. The lowest BCUT2D eigenvalue weighted by atomic mass is 10.0. The van der Waals surface area contributed by atoms with Crippen molar-refractivity contribution in [1.82, 2.24) is 15.5 Å². The second-order valence-electron chi connectivity index (χ2n) is 6.06. The average molecular weight is 316 g/mol. The largest absolute Gasteiger partial charge is 0.356 e. The van der Waals surface area contributed by atoms with Crippen molar-refractivity contribution in [3.05, 3.63) is 35.9 Å². The molecule has 1 aromatic carbocycles. The van der Waals surface area contributed by atoms with Gasteiger partial charge in [0.25, 0.3) is 0 Å². The number of guanidine groups is 1.